The molecular weight excluding hydrogens is 388 g/mol. The summed E-state index contributed by atoms with van der Waals surface area (Å²) in [6, 6.07) is 10.9. The third kappa shape index (κ3) is 6.64. The number of anilines is 1. The molecule has 2 N–H and O–H groups in total. The Labute approximate surface area is 176 Å². The summed E-state index contributed by atoms with van der Waals surface area (Å²) in [5.41, 5.74) is 12.3. The van der Waals surface area contributed by atoms with Crippen LogP contribution in [-0.4, -0.2) is 12.4 Å². The molecule has 0 aromatic heterocycles. The molecule has 2 nitrogen and oxygen atoms in total. The summed E-state index contributed by atoms with van der Waals surface area (Å²) >= 11 is 1.62. The Morgan fingerprint density at radius 1 is 1.21 bits per heavy atom. The number of nitrogen functional groups attached to an aromatic ring is 1. The summed E-state index contributed by atoms with van der Waals surface area (Å²) in [4.78, 5) is 1.07. The Hall–Kier alpha value is -2.27. The average Bonchev–Trinajstić information content (AvgIpc) is 2.63. The lowest BCUT2D eigenvalue weighted by Gasteiger charge is -2.17. The molecule has 1 atom stereocenters. The topological polar surface area (TPSA) is 35.2 Å². The van der Waals surface area contributed by atoms with Gasteiger partial charge in [-0.25, -0.2) is 0 Å². The molecule has 156 valence electrons. The van der Waals surface area contributed by atoms with Crippen molar-refractivity contribution in [1.82, 2.24) is 0 Å². The van der Waals surface area contributed by atoms with Crippen LogP contribution in [0.3, 0.4) is 0 Å². The third-order valence-electron chi connectivity index (χ3n) is 4.84. The first-order chi connectivity index (χ1) is 13.5. The quantitative estimate of drug-likeness (QED) is 0.370. The van der Waals surface area contributed by atoms with Crippen LogP contribution in [0, 0.1) is 19.8 Å². The molecular formula is C24H29F2NOS. The maximum atomic E-state index is 13.0. The summed E-state index contributed by atoms with van der Waals surface area (Å²) in [7, 11) is 0. The van der Waals surface area contributed by atoms with Gasteiger partial charge < -0.3 is 10.5 Å². The fourth-order valence-electron chi connectivity index (χ4n) is 3.02. The van der Waals surface area contributed by atoms with E-state index in [-0.39, 0.29) is 11.7 Å². The molecule has 0 saturated heterocycles. The number of ether oxygens (including phenoxy) is 1. The van der Waals surface area contributed by atoms with Crippen LogP contribution in [-0.2, 0) is 6.42 Å². The van der Waals surface area contributed by atoms with Crippen LogP contribution in [0.5, 0.6) is 5.75 Å². The van der Waals surface area contributed by atoms with E-state index in [0.717, 1.165) is 40.6 Å². The van der Waals surface area contributed by atoms with Crippen molar-refractivity contribution in [3.8, 4) is 5.75 Å². The largest absolute Gasteiger partial charge is 0.433 e. The molecule has 0 fully saturated rings. The minimum atomic E-state index is -3.19. The zero-order valence-corrected chi connectivity index (χ0v) is 18.5. The SMILES string of the molecule is C=C(Cc1cc(C)c(N)cc1C)C(C)/C=C(\SC)c1ccc(OC(C)(F)F)cc1. The van der Waals surface area contributed by atoms with Gasteiger partial charge in [0.2, 0.25) is 0 Å². The first kappa shape index (κ1) is 23.0. The predicted molar refractivity (Wildman–Crippen MR) is 122 cm³/mol. The number of hydrogen-bond donors (Lipinski definition) is 1. The van der Waals surface area contributed by atoms with E-state index >= 15 is 0 Å². The van der Waals surface area contributed by atoms with E-state index in [4.69, 9.17) is 5.73 Å². The van der Waals surface area contributed by atoms with Gasteiger partial charge in [-0.2, -0.15) is 8.78 Å². The van der Waals surface area contributed by atoms with Crippen molar-refractivity contribution in [3.05, 3.63) is 76.9 Å². The molecule has 0 heterocycles. The number of halogens is 2. The summed E-state index contributed by atoms with van der Waals surface area (Å²) in [5.74, 6) is 0.305. The molecule has 29 heavy (non-hydrogen) atoms. The smallest absolute Gasteiger partial charge is 0.394 e. The zero-order valence-electron chi connectivity index (χ0n) is 17.7. The number of nitrogens with two attached hydrogens (primary N) is 1. The first-order valence-electron chi connectivity index (χ1n) is 9.46. The molecule has 0 aliphatic carbocycles. The van der Waals surface area contributed by atoms with Gasteiger partial charge in [0.1, 0.15) is 5.75 Å². The minimum absolute atomic E-state index is 0.147. The van der Waals surface area contributed by atoms with Crippen LogP contribution in [0.25, 0.3) is 4.91 Å². The molecule has 0 radical (unpaired) electrons. The molecule has 0 spiro atoms. The van der Waals surface area contributed by atoms with Gasteiger partial charge in [0.25, 0.3) is 0 Å². The summed E-state index contributed by atoms with van der Waals surface area (Å²) in [6.07, 6.45) is 1.76. The highest BCUT2D eigenvalue weighted by molar-refractivity contribution is 8.07. The van der Waals surface area contributed by atoms with E-state index in [1.54, 1.807) is 36.0 Å². The molecule has 2 aromatic carbocycles. The van der Waals surface area contributed by atoms with Crippen molar-refractivity contribution < 1.29 is 13.5 Å². The highest BCUT2D eigenvalue weighted by Gasteiger charge is 2.23. The molecule has 0 bridgehead atoms. The van der Waals surface area contributed by atoms with Crippen molar-refractivity contribution in [1.29, 1.82) is 0 Å². The molecule has 0 amide bonds. The zero-order chi connectivity index (χ0) is 21.8. The van der Waals surface area contributed by atoms with E-state index in [1.165, 1.54) is 11.1 Å². The first-order valence-corrected chi connectivity index (χ1v) is 10.7. The second-order valence-corrected chi connectivity index (χ2v) is 8.28. The lowest BCUT2D eigenvalue weighted by Crippen LogP contribution is -2.18. The van der Waals surface area contributed by atoms with Gasteiger partial charge in [0, 0.05) is 17.5 Å². The van der Waals surface area contributed by atoms with Gasteiger partial charge in [0.15, 0.2) is 0 Å². The second-order valence-electron chi connectivity index (χ2n) is 7.43. The highest BCUT2D eigenvalue weighted by Crippen LogP contribution is 2.31. The number of aryl methyl sites for hydroxylation is 2. The molecule has 0 saturated carbocycles. The summed E-state index contributed by atoms with van der Waals surface area (Å²) in [6.45, 7) is 11.2. The van der Waals surface area contributed by atoms with Crippen LogP contribution in [0.2, 0.25) is 0 Å². The molecule has 0 aliphatic heterocycles. The van der Waals surface area contributed by atoms with Gasteiger partial charge in [0.05, 0.1) is 0 Å². The molecule has 2 rings (SSSR count). The maximum Gasteiger partial charge on any atom is 0.394 e. The Morgan fingerprint density at radius 3 is 2.38 bits per heavy atom. The van der Waals surface area contributed by atoms with Crippen LogP contribution in [0.15, 0.2) is 54.6 Å². The lowest BCUT2D eigenvalue weighted by molar-refractivity contribution is -0.158. The predicted octanol–water partition coefficient (Wildman–Crippen LogP) is 7.02. The normalized spacial score (nSPS) is 13.3. The number of alkyl halides is 2. The minimum Gasteiger partial charge on any atom is -0.433 e. The van der Waals surface area contributed by atoms with Crippen LogP contribution >= 0.6 is 11.8 Å². The summed E-state index contributed by atoms with van der Waals surface area (Å²) in [5, 5.41) is 0. The number of benzene rings is 2. The van der Waals surface area contributed by atoms with Crippen LogP contribution < -0.4 is 10.5 Å². The molecule has 5 heteroatoms. The van der Waals surface area contributed by atoms with E-state index in [2.05, 4.69) is 37.3 Å². The van der Waals surface area contributed by atoms with Gasteiger partial charge >= 0.3 is 6.11 Å². The Bertz CT molecular complexity index is 898. The van der Waals surface area contributed by atoms with Gasteiger partial charge in [-0.3, -0.25) is 0 Å². The van der Waals surface area contributed by atoms with Crippen molar-refractivity contribution in [2.45, 2.75) is 40.2 Å². The van der Waals surface area contributed by atoms with Crippen molar-refractivity contribution in [2.24, 2.45) is 5.92 Å². The molecule has 1 unspecified atom stereocenters. The van der Waals surface area contributed by atoms with Gasteiger partial charge in [-0.15, -0.1) is 11.8 Å². The number of hydrogen-bond acceptors (Lipinski definition) is 3. The summed E-state index contributed by atoms with van der Waals surface area (Å²) < 4.78 is 30.6. The Kier molecular flexibility index (Phi) is 7.53. The van der Waals surface area contributed by atoms with Crippen molar-refractivity contribution in [2.75, 3.05) is 12.0 Å². The lowest BCUT2D eigenvalue weighted by atomic mass is 9.91. The van der Waals surface area contributed by atoms with E-state index in [9.17, 15) is 8.78 Å². The van der Waals surface area contributed by atoms with Crippen molar-refractivity contribution in [3.63, 3.8) is 0 Å². The highest BCUT2D eigenvalue weighted by atomic mass is 32.2. The Balaban J connectivity index is 2.15. The van der Waals surface area contributed by atoms with E-state index in [0.29, 0.717) is 0 Å². The van der Waals surface area contributed by atoms with Crippen LogP contribution in [0.4, 0.5) is 14.5 Å². The van der Waals surface area contributed by atoms with E-state index in [1.807, 2.05) is 19.2 Å². The fourth-order valence-corrected chi connectivity index (χ4v) is 3.73. The number of rotatable bonds is 8. The number of thioether (sulfide) groups is 1. The molecule has 0 aliphatic rings. The van der Waals surface area contributed by atoms with Crippen LogP contribution in [0.1, 0.15) is 36.1 Å². The average molecular weight is 418 g/mol. The van der Waals surface area contributed by atoms with Crippen molar-refractivity contribution >= 4 is 22.4 Å². The molecule has 2 aromatic rings. The maximum absolute atomic E-state index is 13.0. The standard InChI is InChI=1S/C24H29F2NOS/c1-15(11-20-12-18(4)22(27)13-17(20)3)16(2)14-23(29-6)19-7-9-21(10-8-19)28-24(5,25)26/h7-10,12-14,16H,1,11,27H2,2-6H3/b23-14-. The monoisotopic (exact) mass is 417 g/mol. The van der Waals surface area contributed by atoms with E-state index < -0.39 is 6.11 Å². The van der Waals surface area contributed by atoms with Gasteiger partial charge in [-0.1, -0.05) is 43.4 Å². The number of allylic oxidation sites excluding steroid dienone is 2. The third-order valence-corrected chi connectivity index (χ3v) is 5.65. The fraction of sp³-hybridized carbons (Fsp3) is 0.333. The van der Waals surface area contributed by atoms with Gasteiger partial charge in [-0.05, 0) is 72.9 Å². The second kappa shape index (κ2) is 9.49. The Morgan fingerprint density at radius 2 is 1.83 bits per heavy atom.